The number of likely N-dealkylation sites (tertiary alicyclic amines) is 1. The lowest BCUT2D eigenvalue weighted by Crippen LogP contribution is -2.33. The number of hydrogen-bond donors (Lipinski definition) is 2. The smallest absolute Gasteiger partial charge is 0.276 e. The minimum atomic E-state index is -0.177. The number of hydrogen-bond acceptors (Lipinski definition) is 3. The van der Waals surface area contributed by atoms with Crippen LogP contribution in [0.4, 0.5) is 5.69 Å². The number of benzene rings is 1. The average Bonchev–Trinajstić information content (AvgIpc) is 3.06. The number of amides is 1. The second-order valence-corrected chi connectivity index (χ2v) is 6.77. The zero-order valence-corrected chi connectivity index (χ0v) is 14.5. The summed E-state index contributed by atoms with van der Waals surface area (Å²) in [6, 6.07) is 9.91. The molecule has 1 aliphatic rings. The summed E-state index contributed by atoms with van der Waals surface area (Å²) in [5.74, 6) is 0.614. The Bertz CT molecular complexity index is 677. The summed E-state index contributed by atoms with van der Waals surface area (Å²) < 4.78 is 0. The minimum Gasteiger partial charge on any atom is -0.321 e. The van der Waals surface area contributed by atoms with Gasteiger partial charge in [-0.3, -0.25) is 14.8 Å². The standard InChI is InChI=1S/C19H26N4O/c1-3-16-11-18(22-21-16)19(24)20-17-8-6-15(7-9-17)13-23-10-4-5-14(2)12-23/h6-9,11,14H,3-5,10,12-13H2,1-2H3,(H,20,24)(H,21,22). The second-order valence-electron chi connectivity index (χ2n) is 6.77. The molecule has 1 saturated heterocycles. The molecule has 128 valence electrons. The lowest BCUT2D eigenvalue weighted by Gasteiger charge is -2.30. The molecular weight excluding hydrogens is 300 g/mol. The van der Waals surface area contributed by atoms with Crippen molar-refractivity contribution in [2.45, 2.75) is 39.7 Å². The molecule has 5 heteroatoms. The molecule has 2 N–H and O–H groups in total. The van der Waals surface area contributed by atoms with Crippen LogP contribution in [0.5, 0.6) is 0 Å². The molecule has 3 rings (SSSR count). The Morgan fingerprint density at radius 2 is 2.17 bits per heavy atom. The first kappa shape index (κ1) is 16.7. The van der Waals surface area contributed by atoms with Crippen molar-refractivity contribution in [3.63, 3.8) is 0 Å². The van der Waals surface area contributed by atoms with Gasteiger partial charge in [0, 0.05) is 24.5 Å². The lowest BCUT2D eigenvalue weighted by molar-refractivity contribution is 0.102. The van der Waals surface area contributed by atoms with Crippen LogP contribution >= 0.6 is 0 Å². The van der Waals surface area contributed by atoms with E-state index in [4.69, 9.17) is 0 Å². The number of carbonyl (C=O) groups excluding carboxylic acids is 1. The van der Waals surface area contributed by atoms with Crippen LogP contribution in [-0.4, -0.2) is 34.1 Å². The van der Waals surface area contributed by atoms with E-state index >= 15 is 0 Å². The zero-order valence-electron chi connectivity index (χ0n) is 14.5. The molecule has 1 amide bonds. The van der Waals surface area contributed by atoms with E-state index in [1.807, 2.05) is 19.1 Å². The van der Waals surface area contributed by atoms with Crippen LogP contribution in [0.15, 0.2) is 30.3 Å². The van der Waals surface area contributed by atoms with E-state index < -0.39 is 0 Å². The van der Waals surface area contributed by atoms with Crippen LogP contribution in [0.1, 0.15) is 48.4 Å². The van der Waals surface area contributed by atoms with E-state index in [1.54, 1.807) is 6.07 Å². The number of rotatable bonds is 5. The molecule has 0 radical (unpaired) electrons. The van der Waals surface area contributed by atoms with Crippen molar-refractivity contribution in [2.24, 2.45) is 5.92 Å². The number of H-pyrrole nitrogens is 1. The highest BCUT2D eigenvalue weighted by atomic mass is 16.1. The quantitative estimate of drug-likeness (QED) is 0.884. The van der Waals surface area contributed by atoms with Crippen molar-refractivity contribution in [1.29, 1.82) is 0 Å². The molecule has 0 aliphatic carbocycles. The fourth-order valence-corrected chi connectivity index (χ4v) is 3.24. The summed E-state index contributed by atoms with van der Waals surface area (Å²) >= 11 is 0. The van der Waals surface area contributed by atoms with Gasteiger partial charge in [-0.2, -0.15) is 5.10 Å². The third kappa shape index (κ3) is 4.23. The average molecular weight is 326 g/mol. The van der Waals surface area contributed by atoms with Gasteiger partial charge in [-0.05, 0) is 55.5 Å². The van der Waals surface area contributed by atoms with Gasteiger partial charge in [-0.25, -0.2) is 0 Å². The largest absolute Gasteiger partial charge is 0.321 e. The first-order chi connectivity index (χ1) is 11.6. The van der Waals surface area contributed by atoms with Crippen LogP contribution in [-0.2, 0) is 13.0 Å². The molecule has 1 fully saturated rings. The van der Waals surface area contributed by atoms with Crippen molar-refractivity contribution >= 4 is 11.6 Å². The Morgan fingerprint density at radius 3 is 2.83 bits per heavy atom. The zero-order chi connectivity index (χ0) is 16.9. The minimum absolute atomic E-state index is 0.177. The molecule has 1 aliphatic heterocycles. The predicted octanol–water partition coefficient (Wildman–Crippen LogP) is 3.46. The predicted molar refractivity (Wildman–Crippen MR) is 96.0 cm³/mol. The normalized spacial score (nSPS) is 18.5. The Labute approximate surface area is 143 Å². The molecule has 0 bridgehead atoms. The number of aromatic amines is 1. The number of anilines is 1. The van der Waals surface area contributed by atoms with Gasteiger partial charge < -0.3 is 5.32 Å². The number of piperidine rings is 1. The van der Waals surface area contributed by atoms with E-state index in [9.17, 15) is 4.79 Å². The van der Waals surface area contributed by atoms with Crippen LogP contribution in [0, 0.1) is 5.92 Å². The summed E-state index contributed by atoms with van der Waals surface area (Å²) in [6.07, 6.45) is 3.47. The van der Waals surface area contributed by atoms with E-state index in [0.29, 0.717) is 5.69 Å². The molecule has 1 aromatic carbocycles. The maximum atomic E-state index is 12.2. The number of aromatic nitrogens is 2. The summed E-state index contributed by atoms with van der Waals surface area (Å²) in [5, 5.41) is 9.80. The molecular formula is C19H26N4O. The molecule has 2 heterocycles. The highest BCUT2D eigenvalue weighted by Crippen LogP contribution is 2.19. The van der Waals surface area contributed by atoms with Gasteiger partial charge in [0.1, 0.15) is 0 Å². The van der Waals surface area contributed by atoms with Gasteiger partial charge in [0.15, 0.2) is 5.69 Å². The lowest BCUT2D eigenvalue weighted by atomic mass is 10.00. The molecule has 1 atom stereocenters. The van der Waals surface area contributed by atoms with Crippen molar-refractivity contribution in [1.82, 2.24) is 15.1 Å². The van der Waals surface area contributed by atoms with Gasteiger partial charge >= 0.3 is 0 Å². The molecule has 0 spiro atoms. The van der Waals surface area contributed by atoms with Gasteiger partial charge in [0.25, 0.3) is 5.91 Å². The maximum absolute atomic E-state index is 12.2. The molecule has 2 aromatic rings. The highest BCUT2D eigenvalue weighted by Gasteiger charge is 2.16. The third-order valence-corrected chi connectivity index (χ3v) is 4.60. The summed E-state index contributed by atoms with van der Waals surface area (Å²) in [4.78, 5) is 14.7. The van der Waals surface area contributed by atoms with Crippen molar-refractivity contribution in [3.8, 4) is 0 Å². The number of nitrogens with one attached hydrogen (secondary N) is 2. The van der Waals surface area contributed by atoms with Crippen molar-refractivity contribution in [2.75, 3.05) is 18.4 Å². The van der Waals surface area contributed by atoms with Crippen LogP contribution in [0.3, 0.4) is 0 Å². The Hall–Kier alpha value is -2.14. The van der Waals surface area contributed by atoms with Crippen molar-refractivity contribution in [3.05, 3.63) is 47.3 Å². The fraction of sp³-hybridized carbons (Fsp3) is 0.474. The molecule has 1 unspecified atom stereocenters. The fourth-order valence-electron chi connectivity index (χ4n) is 3.24. The van der Waals surface area contributed by atoms with E-state index in [1.165, 1.54) is 31.5 Å². The summed E-state index contributed by atoms with van der Waals surface area (Å²) in [7, 11) is 0. The Morgan fingerprint density at radius 1 is 1.38 bits per heavy atom. The second kappa shape index (κ2) is 7.62. The summed E-state index contributed by atoms with van der Waals surface area (Å²) in [5.41, 5.74) is 3.48. The molecule has 24 heavy (non-hydrogen) atoms. The number of aryl methyl sites for hydroxylation is 1. The number of carbonyl (C=O) groups is 1. The monoisotopic (exact) mass is 326 g/mol. The Kier molecular flexibility index (Phi) is 5.30. The first-order valence-corrected chi connectivity index (χ1v) is 8.81. The molecule has 0 saturated carbocycles. The van der Waals surface area contributed by atoms with Crippen LogP contribution < -0.4 is 5.32 Å². The number of nitrogens with zero attached hydrogens (tertiary/aromatic N) is 2. The van der Waals surface area contributed by atoms with Crippen LogP contribution in [0.25, 0.3) is 0 Å². The van der Waals surface area contributed by atoms with E-state index in [2.05, 4.69) is 39.5 Å². The van der Waals surface area contributed by atoms with Gasteiger partial charge in [0.05, 0.1) is 0 Å². The van der Waals surface area contributed by atoms with Gasteiger partial charge in [0.2, 0.25) is 0 Å². The highest BCUT2D eigenvalue weighted by molar-refractivity contribution is 6.02. The molecule has 1 aromatic heterocycles. The Balaban J connectivity index is 1.57. The van der Waals surface area contributed by atoms with E-state index in [0.717, 1.165) is 30.3 Å². The first-order valence-electron chi connectivity index (χ1n) is 8.81. The van der Waals surface area contributed by atoms with Crippen molar-refractivity contribution < 1.29 is 4.79 Å². The maximum Gasteiger partial charge on any atom is 0.276 e. The van der Waals surface area contributed by atoms with Gasteiger partial charge in [-0.15, -0.1) is 0 Å². The SMILES string of the molecule is CCc1cc(C(=O)Nc2ccc(CN3CCCC(C)C3)cc2)n[nH]1. The van der Waals surface area contributed by atoms with E-state index in [-0.39, 0.29) is 5.91 Å². The topological polar surface area (TPSA) is 61.0 Å². The third-order valence-electron chi connectivity index (χ3n) is 4.60. The van der Waals surface area contributed by atoms with Gasteiger partial charge in [-0.1, -0.05) is 26.0 Å². The molecule has 5 nitrogen and oxygen atoms in total. The van der Waals surface area contributed by atoms with Crippen LogP contribution in [0.2, 0.25) is 0 Å². The summed E-state index contributed by atoms with van der Waals surface area (Å²) in [6.45, 7) is 7.69.